The Morgan fingerprint density at radius 3 is 2.18 bits per heavy atom. The molecule has 1 rings (SSSR count). The summed E-state index contributed by atoms with van der Waals surface area (Å²) in [4.78, 5) is 2.14. The average Bonchev–Trinajstić information content (AvgIpc) is 2.26. The third-order valence-corrected chi connectivity index (χ3v) is 3.12. The van der Waals surface area contributed by atoms with Crippen molar-refractivity contribution in [2.45, 2.75) is 25.9 Å². The van der Waals surface area contributed by atoms with Gasteiger partial charge in [-0.2, -0.15) is 0 Å². The van der Waals surface area contributed by atoms with E-state index in [-0.39, 0.29) is 23.6 Å². The summed E-state index contributed by atoms with van der Waals surface area (Å²) in [5.41, 5.74) is 0.882. The Bertz CT molecular complexity index is 347. The fourth-order valence-electron chi connectivity index (χ4n) is 1.83. The standard InChI is InChI=1S/C13H21NO3/c1-9(8-17-4)14(3)10(2)11-5-12(15)7-13(16)6-11/h5-7,9-10,15-16H,8H2,1-4H3. The number of rotatable bonds is 5. The van der Waals surface area contributed by atoms with Crippen LogP contribution < -0.4 is 0 Å². The molecule has 0 radical (unpaired) electrons. The number of ether oxygens (including phenoxy) is 1. The van der Waals surface area contributed by atoms with Gasteiger partial charge in [-0.05, 0) is 38.6 Å². The summed E-state index contributed by atoms with van der Waals surface area (Å²) in [6, 6.07) is 5.02. The van der Waals surface area contributed by atoms with Gasteiger partial charge in [-0.3, -0.25) is 4.90 Å². The monoisotopic (exact) mass is 239 g/mol. The zero-order valence-electron chi connectivity index (χ0n) is 10.8. The lowest BCUT2D eigenvalue weighted by molar-refractivity contribution is 0.0938. The van der Waals surface area contributed by atoms with Crippen molar-refractivity contribution < 1.29 is 14.9 Å². The van der Waals surface area contributed by atoms with Gasteiger partial charge in [-0.25, -0.2) is 0 Å². The van der Waals surface area contributed by atoms with Gasteiger partial charge >= 0.3 is 0 Å². The Kier molecular flexibility index (Phi) is 4.78. The summed E-state index contributed by atoms with van der Waals surface area (Å²) < 4.78 is 5.12. The van der Waals surface area contributed by atoms with Crippen molar-refractivity contribution in [1.29, 1.82) is 0 Å². The highest BCUT2D eigenvalue weighted by atomic mass is 16.5. The second-order valence-corrected chi connectivity index (χ2v) is 4.43. The summed E-state index contributed by atoms with van der Waals surface area (Å²) in [6.07, 6.45) is 0. The van der Waals surface area contributed by atoms with Crippen molar-refractivity contribution in [1.82, 2.24) is 4.90 Å². The van der Waals surface area contributed by atoms with Gasteiger partial charge < -0.3 is 14.9 Å². The van der Waals surface area contributed by atoms with Gasteiger partial charge in [0.2, 0.25) is 0 Å². The van der Waals surface area contributed by atoms with Crippen molar-refractivity contribution in [2.24, 2.45) is 0 Å². The number of aromatic hydroxyl groups is 2. The number of benzene rings is 1. The predicted octanol–water partition coefficient (Wildman–Crippen LogP) is 2.13. The topological polar surface area (TPSA) is 52.9 Å². The van der Waals surface area contributed by atoms with Crippen LogP contribution in [0.2, 0.25) is 0 Å². The third-order valence-electron chi connectivity index (χ3n) is 3.12. The summed E-state index contributed by atoms with van der Waals surface area (Å²) in [7, 11) is 3.67. The van der Waals surface area contributed by atoms with Gasteiger partial charge in [0.05, 0.1) is 6.61 Å². The maximum atomic E-state index is 9.46. The molecule has 4 heteroatoms. The maximum Gasteiger partial charge on any atom is 0.119 e. The number of likely N-dealkylation sites (N-methyl/N-ethyl adjacent to an activating group) is 1. The number of hydrogen-bond donors (Lipinski definition) is 2. The molecule has 0 amide bonds. The minimum Gasteiger partial charge on any atom is -0.508 e. The second kappa shape index (κ2) is 5.89. The van der Waals surface area contributed by atoms with E-state index in [0.717, 1.165) is 5.56 Å². The summed E-state index contributed by atoms with van der Waals surface area (Å²) >= 11 is 0. The van der Waals surface area contributed by atoms with Crippen LogP contribution in [-0.2, 0) is 4.74 Å². The van der Waals surface area contributed by atoms with E-state index in [1.807, 2.05) is 14.0 Å². The quantitative estimate of drug-likeness (QED) is 0.826. The van der Waals surface area contributed by atoms with E-state index >= 15 is 0 Å². The zero-order valence-corrected chi connectivity index (χ0v) is 10.8. The van der Waals surface area contributed by atoms with Crippen LogP contribution in [0.5, 0.6) is 11.5 Å². The minimum atomic E-state index is 0.0830. The van der Waals surface area contributed by atoms with Crippen LogP contribution in [0.25, 0.3) is 0 Å². The van der Waals surface area contributed by atoms with E-state index in [9.17, 15) is 10.2 Å². The molecule has 2 atom stereocenters. The Morgan fingerprint density at radius 1 is 1.18 bits per heavy atom. The molecule has 0 aliphatic carbocycles. The van der Waals surface area contributed by atoms with Crippen LogP contribution in [0.3, 0.4) is 0 Å². The molecule has 0 aliphatic heterocycles. The smallest absolute Gasteiger partial charge is 0.119 e. The fraction of sp³-hybridized carbons (Fsp3) is 0.538. The fourth-order valence-corrected chi connectivity index (χ4v) is 1.83. The molecule has 0 saturated carbocycles. The highest BCUT2D eigenvalue weighted by Gasteiger charge is 2.18. The number of phenolic OH excluding ortho intramolecular Hbond substituents is 2. The number of phenols is 2. The SMILES string of the molecule is COCC(C)N(C)C(C)c1cc(O)cc(O)c1. The molecule has 2 N–H and O–H groups in total. The third kappa shape index (κ3) is 3.61. The molecule has 96 valence electrons. The van der Waals surface area contributed by atoms with E-state index in [0.29, 0.717) is 6.61 Å². The first-order valence-electron chi connectivity index (χ1n) is 5.69. The molecular weight excluding hydrogens is 218 g/mol. The molecule has 0 spiro atoms. The van der Waals surface area contributed by atoms with Crippen molar-refractivity contribution in [3.63, 3.8) is 0 Å². The summed E-state index contributed by atoms with van der Waals surface area (Å²) in [5.74, 6) is 0.166. The van der Waals surface area contributed by atoms with Crippen LogP contribution in [0, 0.1) is 0 Å². The molecule has 17 heavy (non-hydrogen) atoms. The van der Waals surface area contributed by atoms with Crippen molar-refractivity contribution in [3.8, 4) is 11.5 Å². The van der Waals surface area contributed by atoms with Crippen LogP contribution in [-0.4, -0.2) is 41.9 Å². The van der Waals surface area contributed by atoms with Gasteiger partial charge in [0.1, 0.15) is 11.5 Å². The molecule has 0 heterocycles. The molecule has 0 fully saturated rings. The van der Waals surface area contributed by atoms with Crippen LogP contribution >= 0.6 is 0 Å². The van der Waals surface area contributed by atoms with Crippen molar-refractivity contribution >= 4 is 0 Å². The minimum absolute atomic E-state index is 0.0830. The Morgan fingerprint density at radius 2 is 1.71 bits per heavy atom. The van der Waals surface area contributed by atoms with E-state index in [1.165, 1.54) is 6.07 Å². The summed E-state index contributed by atoms with van der Waals surface area (Å²) in [5, 5.41) is 18.9. The lowest BCUT2D eigenvalue weighted by Gasteiger charge is -2.30. The molecule has 4 nitrogen and oxygen atoms in total. The Balaban J connectivity index is 2.84. The largest absolute Gasteiger partial charge is 0.508 e. The van der Waals surface area contributed by atoms with E-state index < -0.39 is 0 Å². The highest BCUT2D eigenvalue weighted by Crippen LogP contribution is 2.28. The number of hydrogen-bond acceptors (Lipinski definition) is 4. The molecule has 0 aromatic heterocycles. The molecule has 1 aromatic rings. The Hall–Kier alpha value is -1.26. The molecular formula is C13H21NO3. The first kappa shape index (κ1) is 13.8. The normalized spacial score (nSPS) is 14.9. The average molecular weight is 239 g/mol. The molecule has 0 saturated heterocycles. The lowest BCUT2D eigenvalue weighted by Crippen LogP contribution is -2.34. The van der Waals surface area contributed by atoms with E-state index in [2.05, 4.69) is 11.8 Å². The molecule has 0 aliphatic rings. The number of nitrogens with zero attached hydrogens (tertiary/aromatic N) is 1. The van der Waals surface area contributed by atoms with Gasteiger partial charge in [-0.15, -0.1) is 0 Å². The van der Waals surface area contributed by atoms with Gasteiger partial charge in [0.25, 0.3) is 0 Å². The van der Waals surface area contributed by atoms with Gasteiger partial charge in [-0.1, -0.05) is 0 Å². The molecule has 0 bridgehead atoms. The lowest BCUT2D eigenvalue weighted by atomic mass is 10.1. The predicted molar refractivity (Wildman–Crippen MR) is 67.3 cm³/mol. The van der Waals surface area contributed by atoms with Gasteiger partial charge in [0.15, 0.2) is 0 Å². The van der Waals surface area contributed by atoms with Crippen LogP contribution in [0.15, 0.2) is 18.2 Å². The Labute approximate surface area is 102 Å². The summed E-state index contributed by atoms with van der Waals surface area (Å²) in [6.45, 7) is 4.74. The molecule has 2 unspecified atom stereocenters. The van der Waals surface area contributed by atoms with E-state index in [1.54, 1.807) is 19.2 Å². The number of methoxy groups -OCH3 is 1. The van der Waals surface area contributed by atoms with Crippen molar-refractivity contribution in [3.05, 3.63) is 23.8 Å². The maximum absolute atomic E-state index is 9.46. The van der Waals surface area contributed by atoms with Crippen molar-refractivity contribution in [2.75, 3.05) is 20.8 Å². The van der Waals surface area contributed by atoms with Crippen LogP contribution in [0.4, 0.5) is 0 Å². The van der Waals surface area contributed by atoms with Crippen LogP contribution in [0.1, 0.15) is 25.5 Å². The molecule has 1 aromatic carbocycles. The second-order valence-electron chi connectivity index (χ2n) is 4.43. The van der Waals surface area contributed by atoms with Gasteiger partial charge in [0, 0.05) is 25.3 Å². The highest BCUT2D eigenvalue weighted by molar-refractivity contribution is 5.37. The zero-order chi connectivity index (χ0) is 13.0. The van der Waals surface area contributed by atoms with E-state index in [4.69, 9.17) is 4.74 Å². The first-order chi connectivity index (χ1) is 7.95. The first-order valence-corrected chi connectivity index (χ1v) is 5.69.